The van der Waals surface area contributed by atoms with Crippen LogP contribution >= 0.6 is 11.6 Å². The Morgan fingerprint density at radius 3 is 2.95 bits per heavy atom. The molecule has 0 saturated heterocycles. The molecule has 2 rings (SSSR count). The van der Waals surface area contributed by atoms with Crippen LogP contribution in [0.1, 0.15) is 18.4 Å². The van der Waals surface area contributed by atoms with Crippen LogP contribution in [0.5, 0.6) is 5.75 Å². The summed E-state index contributed by atoms with van der Waals surface area (Å²) in [5.74, 6) is 0.574. The molecule has 1 amide bonds. The zero-order chi connectivity index (χ0) is 13.8. The van der Waals surface area contributed by atoms with Crippen molar-refractivity contribution in [2.24, 2.45) is 5.92 Å². The van der Waals surface area contributed by atoms with Gasteiger partial charge in [-0.3, -0.25) is 4.79 Å². The lowest BCUT2D eigenvalue weighted by atomic mass is 9.81. The first-order chi connectivity index (χ1) is 9.08. The number of aryl methyl sites for hydroxylation is 1. The zero-order valence-electron chi connectivity index (χ0n) is 10.8. The molecule has 1 N–H and O–H groups in total. The molecule has 104 valence electrons. The van der Waals surface area contributed by atoms with Gasteiger partial charge in [-0.1, -0.05) is 6.07 Å². The van der Waals surface area contributed by atoms with E-state index in [4.69, 9.17) is 16.3 Å². The molecular weight excluding hydrogens is 269 g/mol. The summed E-state index contributed by atoms with van der Waals surface area (Å²) in [6.45, 7) is 2.44. The van der Waals surface area contributed by atoms with Gasteiger partial charge >= 0.3 is 0 Å². The van der Waals surface area contributed by atoms with Crippen LogP contribution in [-0.2, 0) is 4.79 Å². The van der Waals surface area contributed by atoms with Crippen molar-refractivity contribution >= 4 is 17.5 Å². The topological polar surface area (TPSA) is 38.3 Å². The van der Waals surface area contributed by atoms with E-state index >= 15 is 0 Å². The van der Waals surface area contributed by atoms with Crippen molar-refractivity contribution < 1.29 is 13.9 Å². The molecule has 1 aliphatic rings. The van der Waals surface area contributed by atoms with Gasteiger partial charge in [0.25, 0.3) is 0 Å². The van der Waals surface area contributed by atoms with E-state index in [0.29, 0.717) is 18.3 Å². The van der Waals surface area contributed by atoms with E-state index in [1.54, 1.807) is 6.07 Å². The zero-order valence-corrected chi connectivity index (χ0v) is 11.5. The molecule has 5 heteroatoms. The highest BCUT2D eigenvalue weighted by Gasteiger charge is 2.30. The lowest BCUT2D eigenvalue weighted by Gasteiger charge is -2.35. The van der Waals surface area contributed by atoms with Crippen LogP contribution in [0, 0.1) is 18.7 Å². The van der Waals surface area contributed by atoms with Crippen molar-refractivity contribution in [1.82, 2.24) is 5.32 Å². The van der Waals surface area contributed by atoms with Gasteiger partial charge < -0.3 is 10.1 Å². The van der Waals surface area contributed by atoms with Crippen molar-refractivity contribution in [3.8, 4) is 5.75 Å². The van der Waals surface area contributed by atoms with Crippen LogP contribution in [0.2, 0.25) is 0 Å². The van der Waals surface area contributed by atoms with Gasteiger partial charge in [-0.05, 0) is 37.3 Å². The second-order valence-corrected chi connectivity index (χ2v) is 5.22. The summed E-state index contributed by atoms with van der Waals surface area (Å²) >= 11 is 5.41. The molecule has 0 heterocycles. The van der Waals surface area contributed by atoms with Gasteiger partial charge in [-0.2, -0.15) is 0 Å². The summed E-state index contributed by atoms with van der Waals surface area (Å²) < 4.78 is 18.7. The third-order valence-corrected chi connectivity index (χ3v) is 3.59. The maximum Gasteiger partial charge on any atom is 0.235 e. The molecule has 1 aliphatic carbocycles. The molecule has 1 fully saturated rings. The lowest BCUT2D eigenvalue weighted by molar-refractivity contribution is -0.120. The molecule has 0 atom stereocenters. The molecular formula is C14H17ClFNO2. The predicted molar refractivity (Wildman–Crippen MR) is 72.0 cm³/mol. The van der Waals surface area contributed by atoms with E-state index in [2.05, 4.69) is 5.32 Å². The third kappa shape index (κ3) is 3.83. The van der Waals surface area contributed by atoms with Crippen LogP contribution < -0.4 is 10.1 Å². The van der Waals surface area contributed by atoms with Gasteiger partial charge in [0.2, 0.25) is 5.91 Å². The van der Waals surface area contributed by atoms with E-state index in [0.717, 1.165) is 18.4 Å². The maximum absolute atomic E-state index is 13.1. The predicted octanol–water partition coefficient (Wildman–Crippen LogP) is 2.65. The Kier molecular flexibility index (Phi) is 4.64. The number of benzene rings is 1. The Balaban J connectivity index is 1.73. The smallest absolute Gasteiger partial charge is 0.235 e. The highest BCUT2D eigenvalue weighted by molar-refractivity contribution is 6.27. The molecule has 0 unspecified atom stereocenters. The molecule has 0 bridgehead atoms. The van der Waals surface area contributed by atoms with E-state index in [9.17, 15) is 9.18 Å². The van der Waals surface area contributed by atoms with Gasteiger partial charge in [0.15, 0.2) is 0 Å². The molecule has 1 aromatic rings. The second-order valence-electron chi connectivity index (χ2n) is 4.96. The Morgan fingerprint density at radius 2 is 2.26 bits per heavy atom. The number of rotatable bonds is 5. The molecule has 3 nitrogen and oxygen atoms in total. The van der Waals surface area contributed by atoms with Crippen LogP contribution in [0.3, 0.4) is 0 Å². The second kappa shape index (κ2) is 6.24. The normalized spacial score (nSPS) is 21.6. The summed E-state index contributed by atoms with van der Waals surface area (Å²) in [5, 5.41) is 2.83. The quantitative estimate of drug-likeness (QED) is 0.845. The van der Waals surface area contributed by atoms with E-state index < -0.39 is 0 Å². The average molecular weight is 286 g/mol. The van der Waals surface area contributed by atoms with Crippen LogP contribution in [-0.4, -0.2) is 24.4 Å². The largest absolute Gasteiger partial charge is 0.493 e. The standard InChI is InChI=1S/C14H17ClFNO2/c1-9-2-3-11(16)6-13(9)19-8-10-4-12(5-10)17-14(18)7-15/h2-3,6,10,12H,4-5,7-8H2,1H3,(H,17,18). The van der Waals surface area contributed by atoms with Crippen molar-refractivity contribution in [3.05, 3.63) is 29.6 Å². The summed E-state index contributed by atoms with van der Waals surface area (Å²) in [6, 6.07) is 4.73. The van der Waals surface area contributed by atoms with E-state index in [-0.39, 0.29) is 23.6 Å². The highest BCUT2D eigenvalue weighted by Crippen LogP contribution is 2.29. The van der Waals surface area contributed by atoms with Gasteiger partial charge in [0.05, 0.1) is 6.61 Å². The number of nitrogens with one attached hydrogen (secondary N) is 1. The number of ether oxygens (including phenoxy) is 1. The number of alkyl halides is 1. The van der Waals surface area contributed by atoms with Crippen LogP contribution in [0.15, 0.2) is 18.2 Å². The van der Waals surface area contributed by atoms with Crippen molar-refractivity contribution in [2.75, 3.05) is 12.5 Å². The summed E-state index contributed by atoms with van der Waals surface area (Å²) in [7, 11) is 0. The van der Waals surface area contributed by atoms with Crippen molar-refractivity contribution in [2.45, 2.75) is 25.8 Å². The van der Waals surface area contributed by atoms with Gasteiger partial charge in [0, 0.05) is 12.1 Å². The van der Waals surface area contributed by atoms with Crippen molar-refractivity contribution in [1.29, 1.82) is 0 Å². The molecule has 1 saturated carbocycles. The van der Waals surface area contributed by atoms with Gasteiger partial charge in [0.1, 0.15) is 17.4 Å². The first kappa shape index (κ1) is 14.1. The Morgan fingerprint density at radius 1 is 1.53 bits per heavy atom. The van der Waals surface area contributed by atoms with Crippen LogP contribution in [0.25, 0.3) is 0 Å². The van der Waals surface area contributed by atoms with Crippen molar-refractivity contribution in [3.63, 3.8) is 0 Å². The number of amides is 1. The van der Waals surface area contributed by atoms with Gasteiger partial charge in [-0.15, -0.1) is 11.6 Å². The lowest BCUT2D eigenvalue weighted by Crippen LogP contribution is -2.46. The molecule has 19 heavy (non-hydrogen) atoms. The van der Waals surface area contributed by atoms with Gasteiger partial charge in [-0.25, -0.2) is 4.39 Å². The Bertz CT molecular complexity index is 461. The fourth-order valence-electron chi connectivity index (χ4n) is 2.19. The molecule has 0 spiro atoms. The molecule has 0 aromatic heterocycles. The Hall–Kier alpha value is -1.29. The molecule has 1 aromatic carbocycles. The monoisotopic (exact) mass is 285 g/mol. The minimum Gasteiger partial charge on any atom is -0.493 e. The number of halogens is 2. The molecule has 0 radical (unpaired) electrons. The Labute approximate surface area is 117 Å². The SMILES string of the molecule is Cc1ccc(F)cc1OCC1CC(NC(=O)CCl)C1. The highest BCUT2D eigenvalue weighted by atomic mass is 35.5. The summed E-state index contributed by atoms with van der Waals surface area (Å²) in [6.07, 6.45) is 1.77. The number of carbonyl (C=O) groups excluding carboxylic acids is 1. The maximum atomic E-state index is 13.1. The van der Waals surface area contributed by atoms with E-state index in [1.165, 1.54) is 12.1 Å². The average Bonchev–Trinajstić information content (AvgIpc) is 2.35. The third-order valence-electron chi connectivity index (χ3n) is 3.35. The summed E-state index contributed by atoms with van der Waals surface area (Å²) in [4.78, 5) is 11.1. The fraction of sp³-hybridized carbons (Fsp3) is 0.500. The minimum absolute atomic E-state index is 0.000152. The summed E-state index contributed by atoms with van der Waals surface area (Å²) in [5.41, 5.74) is 0.924. The molecule has 0 aliphatic heterocycles. The number of hydrogen-bond acceptors (Lipinski definition) is 2. The first-order valence-corrected chi connectivity index (χ1v) is 6.86. The first-order valence-electron chi connectivity index (χ1n) is 6.32. The number of carbonyl (C=O) groups is 1. The fourth-order valence-corrected chi connectivity index (χ4v) is 2.27. The van der Waals surface area contributed by atoms with E-state index in [1.807, 2.05) is 6.92 Å². The number of hydrogen-bond donors (Lipinski definition) is 1. The van der Waals surface area contributed by atoms with Crippen LogP contribution in [0.4, 0.5) is 4.39 Å². The minimum atomic E-state index is -0.290.